The zero-order valence-electron chi connectivity index (χ0n) is 36.6. The van der Waals surface area contributed by atoms with Crippen LogP contribution in [0.25, 0.3) is 44.2 Å². The molecule has 16 heteroatoms. The smallest absolute Gasteiger partial charge is 0.407 e. The number of ether oxygens (including phenoxy) is 3. The molecule has 0 radical (unpaired) electrons. The number of hydrogen-bond acceptors (Lipinski definition) is 9. The van der Waals surface area contributed by atoms with Crippen molar-refractivity contribution < 1.29 is 38.5 Å². The van der Waals surface area contributed by atoms with E-state index in [1.54, 1.807) is 4.90 Å². The molecule has 6 heterocycles. The first-order chi connectivity index (χ1) is 30.2. The summed E-state index contributed by atoms with van der Waals surface area (Å²) in [5.41, 5.74) is 6.00. The van der Waals surface area contributed by atoms with E-state index >= 15 is 0 Å². The Labute approximate surface area is 365 Å². The number of amides is 4. The summed E-state index contributed by atoms with van der Waals surface area (Å²) in [7, 11) is 1.31. The standard InChI is InChI=1S/C47H56N8O8/c1-24(2)38(52-45(58)59)43(56)54-25(3)8-14-36(54)42-49-33-12-10-27-20-32-30-11-9-28(19-29(30)23-63-37(32)21-31(27)39(33)51-42)34-22-48-41(50-34)35-13-7-26(4)55(35)44(57)40(53-46(60)61-6)47(5)15-17-62-18-16-47/h9-12,19-22,24-26,35-36,38,40,52H,7-8,13-18,23H2,1-6H3,(H,48,50)(H,49,51)(H,53,60)(H,58,59)/t25-,26-,35-,36-,38-,40+/m0/s1. The summed E-state index contributed by atoms with van der Waals surface area (Å²) >= 11 is 0. The predicted molar refractivity (Wildman–Crippen MR) is 235 cm³/mol. The number of likely N-dealkylation sites (tertiary alicyclic amines) is 2. The van der Waals surface area contributed by atoms with Crippen LogP contribution in [-0.2, 0) is 25.7 Å². The molecule has 4 amide bonds. The maximum Gasteiger partial charge on any atom is 0.407 e. The molecule has 3 aromatic carbocycles. The maximum absolute atomic E-state index is 14.5. The van der Waals surface area contributed by atoms with Crippen molar-refractivity contribution in [2.45, 2.75) is 116 Å². The lowest BCUT2D eigenvalue weighted by Gasteiger charge is -2.42. The van der Waals surface area contributed by atoms with Crippen LogP contribution in [0.5, 0.6) is 5.75 Å². The third-order valence-electron chi connectivity index (χ3n) is 14.0. The van der Waals surface area contributed by atoms with Crippen LogP contribution >= 0.6 is 0 Å². The van der Waals surface area contributed by atoms with Crippen molar-refractivity contribution in [3.05, 3.63) is 65.9 Å². The van der Waals surface area contributed by atoms with Gasteiger partial charge in [-0.25, -0.2) is 19.6 Å². The van der Waals surface area contributed by atoms with E-state index in [0.29, 0.717) is 50.7 Å². The highest BCUT2D eigenvalue weighted by Crippen LogP contribution is 2.45. The van der Waals surface area contributed by atoms with Gasteiger partial charge in [-0.3, -0.25) is 9.59 Å². The van der Waals surface area contributed by atoms with Crippen molar-refractivity contribution in [3.8, 4) is 28.1 Å². The van der Waals surface area contributed by atoms with Gasteiger partial charge in [0.1, 0.15) is 36.1 Å². The van der Waals surface area contributed by atoms with Gasteiger partial charge in [-0.15, -0.1) is 0 Å². The van der Waals surface area contributed by atoms with Gasteiger partial charge in [0, 0.05) is 41.7 Å². The van der Waals surface area contributed by atoms with E-state index in [2.05, 4.69) is 50.9 Å². The van der Waals surface area contributed by atoms with Crippen LogP contribution in [0.3, 0.4) is 0 Å². The number of alkyl carbamates (subject to hydrolysis) is 1. The molecule has 4 aliphatic heterocycles. The molecule has 0 saturated carbocycles. The Morgan fingerprint density at radius 1 is 0.889 bits per heavy atom. The number of nitrogens with one attached hydrogen (secondary N) is 4. The summed E-state index contributed by atoms with van der Waals surface area (Å²) in [5.74, 6) is 1.53. The largest absolute Gasteiger partial charge is 0.488 e. The minimum atomic E-state index is -1.22. The van der Waals surface area contributed by atoms with Crippen LogP contribution in [0.1, 0.15) is 102 Å². The van der Waals surface area contributed by atoms with E-state index in [1.165, 1.54) is 7.11 Å². The monoisotopic (exact) mass is 860 g/mol. The van der Waals surface area contributed by atoms with Crippen LogP contribution in [0.2, 0.25) is 0 Å². The SMILES string of the molecule is COC(=O)N[C@H](C(=O)N1[C@@H](C)CC[C@H]1c1ncc(-c2ccc3c(c2)COc2cc4c(ccc5[nH]c([C@@H]6CC[C@H](C)N6C(=O)[C@@H](NC(=O)O)C(C)C)nc54)cc2-3)[nH]1)C1(C)CCOCC1. The number of methoxy groups -OCH3 is 1. The summed E-state index contributed by atoms with van der Waals surface area (Å²) < 4.78 is 17.0. The molecular formula is C47H56N8O8. The van der Waals surface area contributed by atoms with E-state index in [-0.39, 0.29) is 41.9 Å². The molecule has 5 aromatic rings. The number of nitrogens with zero attached hydrogens (tertiary/aromatic N) is 4. The van der Waals surface area contributed by atoms with E-state index in [0.717, 1.165) is 74.8 Å². The van der Waals surface area contributed by atoms with E-state index < -0.39 is 29.7 Å². The second kappa shape index (κ2) is 16.5. The number of carbonyl (C=O) groups is 4. The van der Waals surface area contributed by atoms with E-state index in [4.69, 9.17) is 24.2 Å². The highest BCUT2D eigenvalue weighted by Gasteiger charge is 2.48. The zero-order chi connectivity index (χ0) is 44.3. The summed E-state index contributed by atoms with van der Waals surface area (Å²) in [6, 6.07) is 12.2. The molecule has 3 saturated heterocycles. The van der Waals surface area contributed by atoms with Gasteiger partial charge in [0.15, 0.2) is 0 Å². The number of imidazole rings is 2. The number of H-pyrrole nitrogens is 2. The van der Waals surface area contributed by atoms with Crippen molar-refractivity contribution in [3.63, 3.8) is 0 Å². The van der Waals surface area contributed by atoms with E-state index in [1.807, 2.05) is 57.8 Å². The first kappa shape index (κ1) is 42.2. The fraction of sp³-hybridized carbons (Fsp3) is 0.489. The quantitative estimate of drug-likeness (QED) is 0.0982. The van der Waals surface area contributed by atoms with Crippen LogP contribution in [0, 0.1) is 11.3 Å². The average Bonchev–Trinajstić information content (AvgIpc) is 4.09. The summed E-state index contributed by atoms with van der Waals surface area (Å²) in [6.07, 6.45) is 4.29. The Kier molecular flexibility index (Phi) is 11.1. The summed E-state index contributed by atoms with van der Waals surface area (Å²) in [4.78, 5) is 73.0. The van der Waals surface area contributed by atoms with Gasteiger partial charge in [0.25, 0.3) is 0 Å². The number of hydrogen-bond donors (Lipinski definition) is 5. The van der Waals surface area contributed by atoms with Crippen LogP contribution in [0.15, 0.2) is 48.7 Å². The molecule has 3 fully saturated rings. The van der Waals surface area contributed by atoms with Crippen LogP contribution < -0.4 is 15.4 Å². The average molecular weight is 861 g/mol. The number of benzene rings is 3. The highest BCUT2D eigenvalue weighted by molar-refractivity contribution is 6.07. The molecule has 0 bridgehead atoms. The first-order valence-electron chi connectivity index (χ1n) is 22.1. The topological polar surface area (TPSA) is 204 Å². The molecule has 16 nitrogen and oxygen atoms in total. The fourth-order valence-electron chi connectivity index (χ4n) is 10.3. The van der Waals surface area contributed by atoms with Gasteiger partial charge in [-0.1, -0.05) is 39.0 Å². The van der Waals surface area contributed by atoms with Gasteiger partial charge < -0.3 is 49.7 Å². The van der Waals surface area contributed by atoms with Crippen molar-refractivity contribution in [2.24, 2.45) is 11.3 Å². The second-order valence-electron chi connectivity index (χ2n) is 18.4. The lowest BCUT2D eigenvalue weighted by atomic mass is 9.75. The number of rotatable bonds is 9. The molecule has 9 rings (SSSR count). The normalized spacial score (nSPS) is 22.7. The minimum Gasteiger partial charge on any atom is -0.488 e. The van der Waals surface area contributed by atoms with Crippen molar-refractivity contribution in [2.75, 3.05) is 20.3 Å². The molecule has 63 heavy (non-hydrogen) atoms. The minimum absolute atomic E-state index is 0.0471. The molecule has 0 aliphatic carbocycles. The number of carboxylic acid groups (broad SMARTS) is 1. The summed E-state index contributed by atoms with van der Waals surface area (Å²) in [6.45, 7) is 11.2. The molecule has 4 aliphatic rings. The maximum atomic E-state index is 14.5. The molecule has 5 N–H and O–H groups in total. The Balaban J connectivity index is 0.967. The van der Waals surface area contributed by atoms with Crippen LogP contribution in [-0.4, -0.2) is 103 Å². The Morgan fingerprint density at radius 3 is 2.30 bits per heavy atom. The molecule has 332 valence electrons. The van der Waals surface area contributed by atoms with Crippen LogP contribution in [0.4, 0.5) is 9.59 Å². The summed E-state index contributed by atoms with van der Waals surface area (Å²) in [5, 5.41) is 16.7. The first-order valence-corrected chi connectivity index (χ1v) is 22.1. The van der Waals surface area contributed by atoms with Gasteiger partial charge in [-0.2, -0.15) is 0 Å². The second-order valence-corrected chi connectivity index (χ2v) is 18.4. The Bertz CT molecular complexity index is 2600. The zero-order valence-corrected chi connectivity index (χ0v) is 36.6. The third-order valence-corrected chi connectivity index (χ3v) is 14.0. The number of aromatic amines is 2. The fourth-order valence-corrected chi connectivity index (χ4v) is 10.3. The highest BCUT2D eigenvalue weighted by atomic mass is 16.5. The van der Waals surface area contributed by atoms with Gasteiger partial charge in [-0.05, 0) is 105 Å². The molecule has 2 aromatic heterocycles. The molecule has 0 unspecified atom stereocenters. The van der Waals surface area contributed by atoms with Crippen molar-refractivity contribution in [1.29, 1.82) is 0 Å². The van der Waals surface area contributed by atoms with Crippen molar-refractivity contribution >= 4 is 45.8 Å². The number of aromatic nitrogens is 4. The molecule has 0 spiro atoms. The van der Waals surface area contributed by atoms with Crippen molar-refractivity contribution in [1.82, 2.24) is 40.4 Å². The number of fused-ring (bicyclic) bond motifs is 6. The van der Waals surface area contributed by atoms with E-state index in [9.17, 15) is 24.3 Å². The van der Waals surface area contributed by atoms with Gasteiger partial charge >= 0.3 is 12.2 Å². The Morgan fingerprint density at radius 2 is 1.60 bits per heavy atom. The van der Waals surface area contributed by atoms with Gasteiger partial charge in [0.05, 0.1) is 42.1 Å². The number of carbonyl (C=O) groups excluding carboxylic acids is 3. The lowest BCUT2D eigenvalue weighted by molar-refractivity contribution is -0.141. The van der Waals surface area contributed by atoms with Gasteiger partial charge in [0.2, 0.25) is 11.8 Å². The Hall–Kier alpha value is -6.16. The third kappa shape index (κ3) is 7.61. The predicted octanol–water partition coefficient (Wildman–Crippen LogP) is 7.60. The lowest BCUT2D eigenvalue weighted by Crippen LogP contribution is -2.58. The molecule has 6 atom stereocenters. The molecular weight excluding hydrogens is 805 g/mol.